The van der Waals surface area contributed by atoms with E-state index in [0.29, 0.717) is 13.1 Å². The van der Waals surface area contributed by atoms with E-state index in [1.165, 1.54) is 9.47 Å². The number of rotatable bonds is 9. The number of anilines is 3. The van der Waals surface area contributed by atoms with Crippen LogP contribution in [0, 0.1) is 0 Å². The van der Waals surface area contributed by atoms with Crippen LogP contribution < -0.4 is 31.5 Å². The molecule has 0 saturated heterocycles. The van der Waals surface area contributed by atoms with Crippen molar-refractivity contribution in [3.8, 4) is 5.75 Å². The Morgan fingerprint density at radius 1 is 1.17 bits per heavy atom. The van der Waals surface area contributed by atoms with Gasteiger partial charge in [0.2, 0.25) is 5.91 Å². The number of amides is 1. The van der Waals surface area contributed by atoms with Crippen molar-refractivity contribution in [3.63, 3.8) is 0 Å². The molecule has 190 valence electrons. The molecular formula is C27H33N5O4. The van der Waals surface area contributed by atoms with Crippen LogP contribution in [0.2, 0.25) is 0 Å². The Balaban J connectivity index is 1.72. The van der Waals surface area contributed by atoms with Crippen molar-refractivity contribution < 1.29 is 9.53 Å². The summed E-state index contributed by atoms with van der Waals surface area (Å²) in [6.45, 7) is 3.30. The second-order valence-electron chi connectivity index (χ2n) is 8.98. The molecule has 1 amide bonds. The van der Waals surface area contributed by atoms with Crippen LogP contribution in [0.3, 0.4) is 0 Å². The molecule has 0 fully saturated rings. The highest BCUT2D eigenvalue weighted by molar-refractivity contribution is 5.98. The summed E-state index contributed by atoms with van der Waals surface area (Å²) in [5, 5.41) is 0. The standard InChI is InChI=1S/C27H33N5O4/c1-3-4-15-31-25(28)24(26(34)29-27(31)35)32(17-19-9-6-5-7-10-19)23(33)18-30-14-8-11-20-16-21(36-2)12-13-22(20)30/h5-7,9-10,12-13,16H,3-4,8,11,14-15,17-18,28H2,1-2H3,(H,29,34,35). The average molecular weight is 492 g/mol. The van der Waals surface area contributed by atoms with E-state index >= 15 is 0 Å². The highest BCUT2D eigenvalue weighted by Gasteiger charge is 2.28. The van der Waals surface area contributed by atoms with Crippen LogP contribution in [-0.2, 0) is 24.3 Å². The van der Waals surface area contributed by atoms with Gasteiger partial charge in [0.1, 0.15) is 11.6 Å². The molecule has 0 unspecified atom stereocenters. The summed E-state index contributed by atoms with van der Waals surface area (Å²) in [7, 11) is 1.63. The molecule has 0 saturated carbocycles. The molecule has 9 heteroatoms. The van der Waals surface area contributed by atoms with E-state index in [9.17, 15) is 14.4 Å². The smallest absolute Gasteiger partial charge is 0.330 e. The molecule has 9 nitrogen and oxygen atoms in total. The molecule has 0 atom stereocenters. The number of nitrogen functional groups attached to an aromatic ring is 1. The number of aromatic nitrogens is 2. The van der Waals surface area contributed by atoms with Gasteiger partial charge in [0, 0.05) is 18.8 Å². The fraction of sp³-hybridized carbons (Fsp3) is 0.370. The number of aromatic amines is 1. The molecular weight excluding hydrogens is 458 g/mol. The number of aryl methyl sites for hydroxylation is 1. The fourth-order valence-corrected chi connectivity index (χ4v) is 4.63. The number of H-pyrrole nitrogens is 1. The van der Waals surface area contributed by atoms with Crippen molar-refractivity contribution in [1.29, 1.82) is 0 Å². The number of nitrogens with zero attached hydrogens (tertiary/aromatic N) is 3. The van der Waals surface area contributed by atoms with Gasteiger partial charge in [-0.05, 0) is 48.6 Å². The Kier molecular flexibility index (Phi) is 7.77. The lowest BCUT2D eigenvalue weighted by Gasteiger charge is -2.33. The van der Waals surface area contributed by atoms with Crippen molar-refractivity contribution in [2.45, 2.75) is 45.7 Å². The highest BCUT2D eigenvalue weighted by Crippen LogP contribution is 2.31. The molecule has 3 aromatic rings. The quantitative estimate of drug-likeness (QED) is 0.476. The second kappa shape index (κ2) is 11.2. The number of hydrogen-bond acceptors (Lipinski definition) is 6. The van der Waals surface area contributed by atoms with E-state index in [4.69, 9.17) is 10.5 Å². The minimum Gasteiger partial charge on any atom is -0.497 e. The Bertz CT molecular complexity index is 1330. The number of unbranched alkanes of at least 4 members (excludes halogenated alkanes) is 1. The van der Waals surface area contributed by atoms with Gasteiger partial charge >= 0.3 is 5.69 Å². The molecule has 36 heavy (non-hydrogen) atoms. The van der Waals surface area contributed by atoms with Crippen LogP contribution >= 0.6 is 0 Å². The molecule has 1 aliphatic rings. The molecule has 0 bridgehead atoms. The van der Waals surface area contributed by atoms with Crippen molar-refractivity contribution in [1.82, 2.24) is 9.55 Å². The fourth-order valence-electron chi connectivity index (χ4n) is 4.63. The Morgan fingerprint density at radius 3 is 2.67 bits per heavy atom. The van der Waals surface area contributed by atoms with Gasteiger partial charge < -0.3 is 15.4 Å². The maximum Gasteiger partial charge on any atom is 0.330 e. The number of carbonyl (C=O) groups is 1. The number of nitrogens with two attached hydrogens (primary N) is 1. The largest absolute Gasteiger partial charge is 0.497 e. The normalized spacial score (nSPS) is 12.8. The van der Waals surface area contributed by atoms with Crippen LogP contribution in [0.25, 0.3) is 0 Å². The maximum atomic E-state index is 13.8. The van der Waals surface area contributed by atoms with E-state index in [-0.39, 0.29) is 30.5 Å². The Hall–Kier alpha value is -4.01. The summed E-state index contributed by atoms with van der Waals surface area (Å²) >= 11 is 0. The molecule has 0 aliphatic carbocycles. The summed E-state index contributed by atoms with van der Waals surface area (Å²) in [5.41, 5.74) is 8.09. The number of carbonyl (C=O) groups excluding carboxylic acids is 1. The molecule has 2 aromatic carbocycles. The lowest BCUT2D eigenvalue weighted by Crippen LogP contribution is -2.46. The topological polar surface area (TPSA) is 114 Å². The van der Waals surface area contributed by atoms with Gasteiger partial charge in [-0.15, -0.1) is 0 Å². The van der Waals surface area contributed by atoms with Crippen LogP contribution in [0.4, 0.5) is 17.2 Å². The first-order valence-electron chi connectivity index (χ1n) is 12.3. The van der Waals surface area contributed by atoms with Gasteiger partial charge in [-0.3, -0.25) is 24.0 Å². The predicted octanol–water partition coefficient (Wildman–Crippen LogP) is 2.91. The number of hydrogen-bond donors (Lipinski definition) is 2. The summed E-state index contributed by atoms with van der Waals surface area (Å²) in [6, 6.07) is 15.3. The van der Waals surface area contributed by atoms with E-state index in [1.54, 1.807) is 7.11 Å². The van der Waals surface area contributed by atoms with Crippen molar-refractivity contribution in [3.05, 3.63) is 80.5 Å². The first kappa shape index (κ1) is 25.1. The zero-order chi connectivity index (χ0) is 25.7. The molecule has 1 aliphatic heterocycles. The minimum absolute atomic E-state index is 0.00487. The molecule has 4 rings (SSSR count). The molecule has 0 spiro atoms. The number of fused-ring (bicyclic) bond motifs is 1. The third kappa shape index (κ3) is 5.30. The number of nitrogens with one attached hydrogen (secondary N) is 1. The first-order valence-corrected chi connectivity index (χ1v) is 12.3. The highest BCUT2D eigenvalue weighted by atomic mass is 16.5. The second-order valence-corrected chi connectivity index (χ2v) is 8.98. The average Bonchev–Trinajstić information content (AvgIpc) is 2.88. The SMILES string of the molecule is CCCCn1c(N)c(N(Cc2ccccc2)C(=O)CN2CCCc3cc(OC)ccc32)c(=O)[nH]c1=O. The van der Waals surface area contributed by atoms with Crippen LogP contribution in [0.5, 0.6) is 5.75 Å². The summed E-state index contributed by atoms with van der Waals surface area (Å²) in [5.74, 6) is 0.506. The summed E-state index contributed by atoms with van der Waals surface area (Å²) in [6.07, 6.45) is 3.37. The van der Waals surface area contributed by atoms with Gasteiger partial charge in [-0.1, -0.05) is 43.7 Å². The summed E-state index contributed by atoms with van der Waals surface area (Å²) < 4.78 is 6.70. The van der Waals surface area contributed by atoms with E-state index in [2.05, 4.69) is 4.98 Å². The number of methoxy groups -OCH3 is 1. The van der Waals surface area contributed by atoms with E-state index < -0.39 is 11.2 Å². The third-order valence-electron chi connectivity index (χ3n) is 6.53. The van der Waals surface area contributed by atoms with Crippen LogP contribution in [0.15, 0.2) is 58.1 Å². The van der Waals surface area contributed by atoms with Gasteiger partial charge in [-0.2, -0.15) is 0 Å². The third-order valence-corrected chi connectivity index (χ3v) is 6.53. The van der Waals surface area contributed by atoms with Crippen molar-refractivity contribution in [2.24, 2.45) is 0 Å². The van der Waals surface area contributed by atoms with Crippen molar-refractivity contribution in [2.75, 3.05) is 35.7 Å². The van der Waals surface area contributed by atoms with Gasteiger partial charge in [-0.25, -0.2) is 4.79 Å². The molecule has 2 heterocycles. The van der Waals surface area contributed by atoms with Gasteiger partial charge in [0.15, 0.2) is 5.69 Å². The van der Waals surface area contributed by atoms with Gasteiger partial charge in [0.25, 0.3) is 5.56 Å². The zero-order valence-electron chi connectivity index (χ0n) is 20.8. The number of ether oxygens (including phenoxy) is 1. The predicted molar refractivity (Wildman–Crippen MR) is 142 cm³/mol. The Morgan fingerprint density at radius 2 is 1.94 bits per heavy atom. The lowest BCUT2D eigenvalue weighted by atomic mass is 10.0. The first-order chi connectivity index (χ1) is 17.4. The molecule has 0 radical (unpaired) electrons. The summed E-state index contributed by atoms with van der Waals surface area (Å²) in [4.78, 5) is 45.1. The van der Waals surface area contributed by atoms with Gasteiger partial charge in [0.05, 0.1) is 20.2 Å². The van der Waals surface area contributed by atoms with Crippen LogP contribution in [-0.4, -0.2) is 35.7 Å². The minimum atomic E-state index is -0.668. The zero-order valence-corrected chi connectivity index (χ0v) is 20.8. The van der Waals surface area contributed by atoms with Crippen molar-refractivity contribution >= 4 is 23.1 Å². The maximum absolute atomic E-state index is 13.8. The van der Waals surface area contributed by atoms with E-state index in [0.717, 1.165) is 48.2 Å². The van der Waals surface area contributed by atoms with E-state index in [1.807, 2.05) is 60.4 Å². The van der Waals surface area contributed by atoms with Crippen LogP contribution in [0.1, 0.15) is 37.3 Å². The molecule has 1 aromatic heterocycles. The monoisotopic (exact) mass is 491 g/mol. The Labute approximate surface area is 210 Å². The molecule has 3 N–H and O–H groups in total. The number of benzene rings is 2. The lowest BCUT2D eigenvalue weighted by molar-refractivity contribution is -0.117.